The third-order valence-corrected chi connectivity index (χ3v) is 5.50. The van der Waals surface area contributed by atoms with Crippen LogP contribution in [0.4, 0.5) is 5.69 Å². The van der Waals surface area contributed by atoms with Gasteiger partial charge in [0.15, 0.2) is 5.76 Å². The first kappa shape index (κ1) is 22.1. The number of hydrogen-bond donors (Lipinski definition) is 2. The van der Waals surface area contributed by atoms with Gasteiger partial charge in [-0.25, -0.2) is 0 Å². The lowest BCUT2D eigenvalue weighted by Gasteiger charge is -2.29. The number of anilines is 1. The number of aliphatic hydroxyl groups excluding tert-OH is 1. The lowest BCUT2D eigenvalue weighted by atomic mass is 9.93. The molecule has 0 radical (unpaired) electrons. The second-order valence-corrected chi connectivity index (χ2v) is 8.01. The summed E-state index contributed by atoms with van der Waals surface area (Å²) in [6, 6.07) is 24.3. The van der Waals surface area contributed by atoms with Crippen molar-refractivity contribution in [2.24, 2.45) is 0 Å². The van der Waals surface area contributed by atoms with Gasteiger partial charge in [0, 0.05) is 23.0 Å². The van der Waals surface area contributed by atoms with E-state index >= 15 is 0 Å². The minimum atomic E-state index is -0.588. The number of para-hydroxylation sites is 1. The average molecular weight is 450 g/mol. The largest absolute Gasteiger partial charge is 0.459 e. The molecule has 3 aromatic rings. The van der Waals surface area contributed by atoms with Crippen LogP contribution in [-0.4, -0.2) is 17.3 Å². The van der Waals surface area contributed by atoms with E-state index in [-0.39, 0.29) is 24.2 Å². The van der Waals surface area contributed by atoms with E-state index in [2.05, 4.69) is 5.32 Å². The van der Waals surface area contributed by atoms with Gasteiger partial charge < -0.3 is 19.9 Å². The Kier molecular flexibility index (Phi) is 7.22. The standard InChI is InChI=1S/C26H24ClNO4/c27-22-12-10-20(11-13-22)21-14-24(26(30)28-23-4-2-1-3-5-23)32-25(15-21)31-17-19-8-6-18(16-29)7-9-19/h1-14,21,25,29H,15-17H2,(H,28,30)/t21-,25+/m1/s1. The number of benzene rings is 3. The molecule has 1 aliphatic heterocycles. The molecule has 0 spiro atoms. The van der Waals surface area contributed by atoms with E-state index < -0.39 is 6.29 Å². The summed E-state index contributed by atoms with van der Waals surface area (Å²) in [6.07, 6.45) is 1.81. The van der Waals surface area contributed by atoms with E-state index in [1.54, 1.807) is 0 Å². The fraction of sp³-hybridized carbons (Fsp3) is 0.192. The van der Waals surface area contributed by atoms with E-state index in [1.165, 1.54) is 0 Å². The van der Waals surface area contributed by atoms with E-state index in [9.17, 15) is 9.90 Å². The Labute approximate surface area is 192 Å². The summed E-state index contributed by atoms with van der Waals surface area (Å²) in [4.78, 5) is 12.9. The van der Waals surface area contributed by atoms with Crippen LogP contribution in [0.5, 0.6) is 0 Å². The van der Waals surface area contributed by atoms with Gasteiger partial charge in [0.25, 0.3) is 5.91 Å². The maximum atomic E-state index is 12.9. The molecule has 2 N–H and O–H groups in total. The van der Waals surface area contributed by atoms with Crippen LogP contribution in [0.2, 0.25) is 5.02 Å². The first-order valence-corrected chi connectivity index (χ1v) is 10.8. The molecule has 0 saturated heterocycles. The second-order valence-electron chi connectivity index (χ2n) is 7.58. The van der Waals surface area contributed by atoms with Crippen LogP contribution < -0.4 is 5.32 Å². The summed E-state index contributed by atoms with van der Waals surface area (Å²) in [5.74, 6) is -0.157. The van der Waals surface area contributed by atoms with Crippen LogP contribution in [0.1, 0.15) is 29.0 Å². The topological polar surface area (TPSA) is 67.8 Å². The fourth-order valence-electron chi connectivity index (χ4n) is 3.50. The van der Waals surface area contributed by atoms with Crippen LogP contribution in [0.25, 0.3) is 0 Å². The fourth-order valence-corrected chi connectivity index (χ4v) is 3.63. The zero-order valence-corrected chi connectivity index (χ0v) is 18.2. The molecule has 1 aliphatic rings. The quantitative estimate of drug-likeness (QED) is 0.506. The smallest absolute Gasteiger partial charge is 0.290 e. The minimum absolute atomic E-state index is 0.000323. The maximum absolute atomic E-state index is 12.9. The summed E-state index contributed by atoms with van der Waals surface area (Å²) in [6.45, 7) is 0.331. The second kappa shape index (κ2) is 10.5. The van der Waals surface area contributed by atoms with Crippen molar-refractivity contribution in [3.8, 4) is 0 Å². The van der Waals surface area contributed by atoms with Crippen LogP contribution in [0.3, 0.4) is 0 Å². The number of carbonyl (C=O) groups excluding carboxylic acids is 1. The van der Waals surface area contributed by atoms with Gasteiger partial charge in [-0.2, -0.15) is 0 Å². The van der Waals surface area contributed by atoms with Crippen LogP contribution in [-0.2, 0) is 27.5 Å². The Balaban J connectivity index is 1.50. The number of rotatable bonds is 7. The van der Waals surface area contributed by atoms with Gasteiger partial charge in [0.05, 0.1) is 13.2 Å². The average Bonchev–Trinajstić information content (AvgIpc) is 2.84. The van der Waals surface area contributed by atoms with Gasteiger partial charge >= 0.3 is 0 Å². The van der Waals surface area contributed by atoms with Crippen LogP contribution in [0.15, 0.2) is 90.7 Å². The molecule has 5 nitrogen and oxygen atoms in total. The van der Waals surface area contributed by atoms with Crippen molar-refractivity contribution in [2.45, 2.75) is 31.8 Å². The van der Waals surface area contributed by atoms with Gasteiger partial charge in [0.1, 0.15) is 0 Å². The Morgan fingerprint density at radius 3 is 2.38 bits per heavy atom. The number of allylic oxidation sites excluding steroid dienone is 1. The zero-order valence-electron chi connectivity index (χ0n) is 17.4. The Morgan fingerprint density at radius 2 is 1.69 bits per heavy atom. The highest BCUT2D eigenvalue weighted by molar-refractivity contribution is 6.30. The SMILES string of the molecule is O=C(Nc1ccccc1)C1=C[C@@H](c2ccc(Cl)cc2)C[C@@H](OCc2ccc(CO)cc2)O1. The summed E-state index contributed by atoms with van der Waals surface area (Å²) in [5, 5.41) is 12.7. The van der Waals surface area contributed by atoms with Crippen molar-refractivity contribution in [1.82, 2.24) is 0 Å². The molecule has 0 aliphatic carbocycles. The molecular formula is C26H24ClNO4. The van der Waals surface area contributed by atoms with E-state index in [0.29, 0.717) is 23.7 Å². The minimum Gasteiger partial charge on any atom is -0.459 e. The molecular weight excluding hydrogens is 426 g/mol. The number of nitrogens with one attached hydrogen (secondary N) is 1. The lowest BCUT2D eigenvalue weighted by molar-refractivity contribution is -0.147. The van der Waals surface area contributed by atoms with Crippen molar-refractivity contribution in [3.05, 3.63) is 112 Å². The normalized spacial score (nSPS) is 17.9. The number of amides is 1. The first-order chi connectivity index (χ1) is 15.6. The molecule has 0 aromatic heterocycles. The molecule has 0 bridgehead atoms. The number of halogens is 1. The van der Waals surface area contributed by atoms with Crippen molar-refractivity contribution < 1.29 is 19.4 Å². The van der Waals surface area contributed by atoms with Gasteiger partial charge in [-0.05, 0) is 47.0 Å². The molecule has 6 heteroatoms. The predicted octanol–water partition coefficient (Wildman–Crippen LogP) is 5.40. The molecule has 3 aromatic carbocycles. The molecule has 1 heterocycles. The Hall–Kier alpha value is -3.12. The van der Waals surface area contributed by atoms with Gasteiger partial charge in [-0.3, -0.25) is 4.79 Å². The van der Waals surface area contributed by atoms with Crippen molar-refractivity contribution in [2.75, 3.05) is 5.32 Å². The molecule has 4 rings (SSSR count). The van der Waals surface area contributed by atoms with Crippen LogP contribution >= 0.6 is 11.6 Å². The Bertz CT molecular complexity index is 1070. The summed E-state index contributed by atoms with van der Waals surface area (Å²) >= 11 is 6.04. The molecule has 2 atom stereocenters. The summed E-state index contributed by atoms with van der Waals surface area (Å²) in [7, 11) is 0. The van der Waals surface area contributed by atoms with E-state index in [0.717, 1.165) is 16.7 Å². The molecule has 0 saturated carbocycles. The van der Waals surface area contributed by atoms with Gasteiger partial charge in [-0.1, -0.05) is 66.2 Å². The maximum Gasteiger partial charge on any atom is 0.290 e. The van der Waals surface area contributed by atoms with Crippen molar-refractivity contribution in [3.63, 3.8) is 0 Å². The van der Waals surface area contributed by atoms with Crippen molar-refractivity contribution >= 4 is 23.2 Å². The molecule has 0 unspecified atom stereocenters. The van der Waals surface area contributed by atoms with Gasteiger partial charge in [0.2, 0.25) is 6.29 Å². The molecule has 164 valence electrons. The summed E-state index contributed by atoms with van der Waals surface area (Å²) in [5.41, 5.74) is 3.52. The number of ether oxygens (including phenoxy) is 2. The highest BCUT2D eigenvalue weighted by Gasteiger charge is 2.29. The molecule has 0 fully saturated rings. The zero-order chi connectivity index (χ0) is 22.3. The number of aliphatic hydroxyl groups is 1. The van der Waals surface area contributed by atoms with Gasteiger partial charge in [-0.15, -0.1) is 0 Å². The number of carbonyl (C=O) groups is 1. The molecule has 1 amide bonds. The monoisotopic (exact) mass is 449 g/mol. The Morgan fingerprint density at radius 1 is 1.00 bits per heavy atom. The molecule has 32 heavy (non-hydrogen) atoms. The third-order valence-electron chi connectivity index (χ3n) is 5.25. The predicted molar refractivity (Wildman–Crippen MR) is 124 cm³/mol. The highest BCUT2D eigenvalue weighted by atomic mass is 35.5. The number of hydrogen-bond acceptors (Lipinski definition) is 4. The highest BCUT2D eigenvalue weighted by Crippen LogP contribution is 2.33. The van der Waals surface area contributed by atoms with Crippen LogP contribution in [0, 0.1) is 0 Å². The van der Waals surface area contributed by atoms with E-state index in [1.807, 2.05) is 84.9 Å². The van der Waals surface area contributed by atoms with Crippen molar-refractivity contribution in [1.29, 1.82) is 0 Å². The first-order valence-electron chi connectivity index (χ1n) is 10.4. The lowest BCUT2D eigenvalue weighted by Crippen LogP contribution is -2.29. The van der Waals surface area contributed by atoms with E-state index in [4.69, 9.17) is 21.1 Å². The summed E-state index contributed by atoms with van der Waals surface area (Å²) < 4.78 is 11.9. The third kappa shape index (κ3) is 5.77.